The zero-order valence-corrected chi connectivity index (χ0v) is 12.8. The van der Waals surface area contributed by atoms with Gasteiger partial charge in [-0.1, -0.05) is 12.1 Å². The molecule has 6 heteroatoms. The Morgan fingerprint density at radius 2 is 2.33 bits per heavy atom. The van der Waals surface area contributed by atoms with Gasteiger partial charge in [0, 0.05) is 31.4 Å². The van der Waals surface area contributed by atoms with Gasteiger partial charge in [0.1, 0.15) is 0 Å². The molecule has 1 amide bonds. The minimum absolute atomic E-state index is 0.0270. The van der Waals surface area contributed by atoms with Gasteiger partial charge in [-0.25, -0.2) is 8.42 Å². The van der Waals surface area contributed by atoms with Gasteiger partial charge in [0.25, 0.3) is 0 Å². The van der Waals surface area contributed by atoms with E-state index in [-0.39, 0.29) is 23.5 Å². The Morgan fingerprint density at radius 3 is 2.90 bits per heavy atom. The molecule has 1 aliphatic heterocycles. The van der Waals surface area contributed by atoms with E-state index in [0.717, 1.165) is 5.56 Å². The monoisotopic (exact) mass is 308 g/mol. The molecule has 1 fully saturated rings. The molecule has 1 unspecified atom stereocenters. The molecule has 0 spiro atoms. The molecule has 1 atom stereocenters. The van der Waals surface area contributed by atoms with Crippen molar-refractivity contribution in [2.45, 2.75) is 25.3 Å². The molecule has 0 bridgehead atoms. The Kier molecular flexibility index (Phi) is 5.12. The lowest BCUT2D eigenvalue weighted by molar-refractivity contribution is -0.132. The van der Waals surface area contributed by atoms with Crippen molar-refractivity contribution in [3.05, 3.63) is 42.7 Å². The zero-order valence-electron chi connectivity index (χ0n) is 11.9. The molecule has 1 aromatic heterocycles. The molecular formula is C15H20N2O3S. The van der Waals surface area contributed by atoms with Crippen molar-refractivity contribution >= 4 is 15.7 Å². The molecule has 0 aliphatic carbocycles. The average Bonchev–Trinajstić information content (AvgIpc) is 2.83. The van der Waals surface area contributed by atoms with Crippen LogP contribution in [0.4, 0.5) is 0 Å². The number of amides is 1. The van der Waals surface area contributed by atoms with Crippen molar-refractivity contribution in [2.24, 2.45) is 0 Å². The Labute approximate surface area is 125 Å². The highest BCUT2D eigenvalue weighted by Crippen LogP contribution is 2.19. The van der Waals surface area contributed by atoms with Gasteiger partial charge in [-0.15, -0.1) is 6.58 Å². The fourth-order valence-electron chi connectivity index (χ4n) is 2.56. The van der Waals surface area contributed by atoms with E-state index >= 15 is 0 Å². The van der Waals surface area contributed by atoms with E-state index in [2.05, 4.69) is 11.6 Å². The first-order valence-corrected chi connectivity index (χ1v) is 8.83. The van der Waals surface area contributed by atoms with Gasteiger partial charge in [-0.3, -0.25) is 9.78 Å². The van der Waals surface area contributed by atoms with Gasteiger partial charge in [0.05, 0.1) is 11.5 Å². The van der Waals surface area contributed by atoms with Crippen molar-refractivity contribution in [3.8, 4) is 0 Å². The van der Waals surface area contributed by atoms with Crippen molar-refractivity contribution in [3.63, 3.8) is 0 Å². The predicted molar refractivity (Wildman–Crippen MR) is 81.5 cm³/mol. The van der Waals surface area contributed by atoms with Crippen LogP contribution in [0.5, 0.6) is 0 Å². The van der Waals surface area contributed by atoms with Crippen LogP contribution in [0.2, 0.25) is 0 Å². The normalized spacial score (nSPS) is 20.1. The summed E-state index contributed by atoms with van der Waals surface area (Å²) < 4.78 is 23.2. The van der Waals surface area contributed by atoms with Crippen molar-refractivity contribution in [1.29, 1.82) is 0 Å². The lowest BCUT2D eigenvalue weighted by Crippen LogP contribution is -2.41. The van der Waals surface area contributed by atoms with E-state index in [1.807, 2.05) is 12.1 Å². The van der Waals surface area contributed by atoms with Crippen molar-refractivity contribution < 1.29 is 13.2 Å². The average molecular weight is 308 g/mol. The van der Waals surface area contributed by atoms with E-state index in [0.29, 0.717) is 25.8 Å². The van der Waals surface area contributed by atoms with Crippen LogP contribution < -0.4 is 0 Å². The molecule has 0 aromatic carbocycles. The molecule has 114 valence electrons. The van der Waals surface area contributed by atoms with Crippen LogP contribution in [0, 0.1) is 0 Å². The van der Waals surface area contributed by atoms with E-state index in [4.69, 9.17) is 0 Å². The van der Waals surface area contributed by atoms with Crippen LogP contribution in [-0.4, -0.2) is 48.3 Å². The highest BCUT2D eigenvalue weighted by molar-refractivity contribution is 7.91. The first-order chi connectivity index (χ1) is 10.0. The highest BCUT2D eigenvalue weighted by Gasteiger charge is 2.33. The second-order valence-electron chi connectivity index (χ2n) is 5.25. The first kappa shape index (κ1) is 15.7. The lowest BCUT2D eigenvalue weighted by Gasteiger charge is -2.27. The molecule has 1 aromatic rings. The van der Waals surface area contributed by atoms with Crippen LogP contribution in [0.3, 0.4) is 0 Å². The number of hydrogen-bond acceptors (Lipinski definition) is 4. The molecular weight excluding hydrogens is 288 g/mol. The van der Waals surface area contributed by atoms with Gasteiger partial charge < -0.3 is 4.90 Å². The second-order valence-corrected chi connectivity index (χ2v) is 7.48. The molecule has 0 N–H and O–H groups in total. The van der Waals surface area contributed by atoms with Crippen LogP contribution in [0.15, 0.2) is 37.2 Å². The topological polar surface area (TPSA) is 67.3 Å². The van der Waals surface area contributed by atoms with E-state index in [1.54, 1.807) is 23.4 Å². The van der Waals surface area contributed by atoms with Crippen LogP contribution >= 0.6 is 0 Å². The maximum absolute atomic E-state index is 12.4. The Morgan fingerprint density at radius 1 is 1.52 bits per heavy atom. The zero-order chi connectivity index (χ0) is 15.3. The summed E-state index contributed by atoms with van der Waals surface area (Å²) in [6.07, 6.45) is 6.57. The van der Waals surface area contributed by atoms with E-state index in [9.17, 15) is 13.2 Å². The van der Waals surface area contributed by atoms with Gasteiger partial charge in [-0.2, -0.15) is 0 Å². The highest BCUT2D eigenvalue weighted by atomic mass is 32.2. The number of carbonyl (C=O) groups is 1. The van der Waals surface area contributed by atoms with Gasteiger partial charge in [-0.05, 0) is 24.5 Å². The lowest BCUT2D eigenvalue weighted by atomic mass is 10.1. The number of aryl methyl sites for hydroxylation is 1. The van der Waals surface area contributed by atoms with E-state index < -0.39 is 9.84 Å². The third kappa shape index (κ3) is 4.39. The number of rotatable bonds is 6. The van der Waals surface area contributed by atoms with Crippen molar-refractivity contribution in [2.75, 3.05) is 18.1 Å². The fourth-order valence-corrected chi connectivity index (χ4v) is 4.29. The number of carbonyl (C=O) groups excluding carboxylic acids is 1. The summed E-state index contributed by atoms with van der Waals surface area (Å²) in [6, 6.07) is 3.55. The number of hydrogen-bond donors (Lipinski definition) is 0. The third-order valence-electron chi connectivity index (χ3n) is 3.65. The van der Waals surface area contributed by atoms with Gasteiger partial charge in [0.15, 0.2) is 9.84 Å². The summed E-state index contributed by atoms with van der Waals surface area (Å²) in [5.74, 6) is 0.210. The van der Waals surface area contributed by atoms with Crippen LogP contribution in [0.1, 0.15) is 18.4 Å². The summed E-state index contributed by atoms with van der Waals surface area (Å²) >= 11 is 0. The minimum atomic E-state index is -3.00. The standard InChI is InChI=1S/C15H20N2O3S/c1-2-9-17(14-7-10-21(19,20)12-14)15(18)6-5-13-4-3-8-16-11-13/h2-4,8,11,14H,1,5-7,9-10,12H2. The SMILES string of the molecule is C=CCN(C(=O)CCc1cccnc1)C1CCS(=O)(=O)C1. The molecule has 0 radical (unpaired) electrons. The summed E-state index contributed by atoms with van der Waals surface area (Å²) in [4.78, 5) is 18.0. The molecule has 0 saturated carbocycles. The van der Waals surface area contributed by atoms with Crippen molar-refractivity contribution in [1.82, 2.24) is 9.88 Å². The Bertz CT molecular complexity index is 599. The number of nitrogens with zero attached hydrogens (tertiary/aromatic N) is 2. The molecule has 1 saturated heterocycles. The van der Waals surface area contributed by atoms with E-state index in [1.165, 1.54) is 0 Å². The largest absolute Gasteiger partial charge is 0.335 e. The first-order valence-electron chi connectivity index (χ1n) is 7.01. The quantitative estimate of drug-likeness (QED) is 0.741. The summed E-state index contributed by atoms with van der Waals surface area (Å²) in [5, 5.41) is 0. The number of aromatic nitrogens is 1. The Hall–Kier alpha value is -1.69. The summed E-state index contributed by atoms with van der Waals surface area (Å²) in [5.41, 5.74) is 1.00. The minimum Gasteiger partial charge on any atom is -0.335 e. The summed E-state index contributed by atoms with van der Waals surface area (Å²) in [6.45, 7) is 4.05. The maximum atomic E-state index is 12.4. The fraction of sp³-hybridized carbons (Fsp3) is 0.467. The van der Waals surface area contributed by atoms with Crippen LogP contribution in [-0.2, 0) is 21.1 Å². The third-order valence-corrected chi connectivity index (χ3v) is 5.40. The number of sulfone groups is 1. The predicted octanol–water partition coefficient (Wildman–Crippen LogP) is 1.22. The Balaban J connectivity index is 1.97. The number of pyridine rings is 1. The second kappa shape index (κ2) is 6.85. The molecule has 5 nitrogen and oxygen atoms in total. The van der Waals surface area contributed by atoms with Gasteiger partial charge in [0.2, 0.25) is 5.91 Å². The molecule has 2 heterocycles. The molecule has 1 aliphatic rings. The maximum Gasteiger partial charge on any atom is 0.223 e. The van der Waals surface area contributed by atoms with Crippen LogP contribution in [0.25, 0.3) is 0 Å². The molecule has 21 heavy (non-hydrogen) atoms. The smallest absolute Gasteiger partial charge is 0.223 e. The molecule has 2 rings (SSSR count). The van der Waals surface area contributed by atoms with Gasteiger partial charge >= 0.3 is 0 Å². The summed E-state index contributed by atoms with van der Waals surface area (Å²) in [7, 11) is -3.00.